The maximum atomic E-state index is 13.4. The topological polar surface area (TPSA) is 71.1 Å². The number of halogens is 1. The Morgan fingerprint density at radius 3 is 2.69 bits per heavy atom. The number of ether oxygens (including phenoxy) is 2. The van der Waals surface area contributed by atoms with Crippen LogP contribution < -0.4 is 15.0 Å². The van der Waals surface area contributed by atoms with E-state index in [0.29, 0.717) is 37.7 Å². The lowest BCUT2D eigenvalue weighted by molar-refractivity contribution is -0.142. The van der Waals surface area contributed by atoms with Gasteiger partial charge in [-0.3, -0.25) is 9.59 Å². The first kappa shape index (κ1) is 19.2. The SMILES string of the molecule is O=C(CN1CC(C(=O)N2CCOCC2)Oc2ccccc21)Nc1cccc(F)c1. The molecule has 1 N–H and O–H groups in total. The predicted molar refractivity (Wildman–Crippen MR) is 105 cm³/mol. The summed E-state index contributed by atoms with van der Waals surface area (Å²) in [6, 6.07) is 13.0. The van der Waals surface area contributed by atoms with Gasteiger partial charge in [-0.1, -0.05) is 18.2 Å². The fraction of sp³-hybridized carbons (Fsp3) is 0.333. The maximum absolute atomic E-state index is 13.4. The molecule has 1 atom stereocenters. The van der Waals surface area contributed by atoms with Crippen LogP contribution in [0.5, 0.6) is 5.75 Å². The van der Waals surface area contributed by atoms with Crippen molar-refractivity contribution in [2.24, 2.45) is 0 Å². The predicted octanol–water partition coefficient (Wildman–Crippen LogP) is 1.89. The van der Waals surface area contributed by atoms with Crippen LogP contribution in [0.4, 0.5) is 15.8 Å². The molecule has 2 aromatic carbocycles. The molecule has 7 nitrogen and oxygen atoms in total. The maximum Gasteiger partial charge on any atom is 0.265 e. The molecule has 2 aliphatic rings. The normalized spacial score (nSPS) is 18.6. The number of nitrogens with one attached hydrogen (secondary N) is 1. The Kier molecular flexibility index (Phi) is 5.62. The van der Waals surface area contributed by atoms with Crippen LogP contribution in [0.15, 0.2) is 48.5 Å². The second-order valence-electron chi connectivity index (χ2n) is 6.95. The molecular weight excluding hydrogens is 377 g/mol. The van der Waals surface area contributed by atoms with Crippen molar-refractivity contribution >= 4 is 23.2 Å². The number of hydrogen-bond donors (Lipinski definition) is 1. The summed E-state index contributed by atoms with van der Waals surface area (Å²) in [5.41, 5.74) is 1.13. The van der Waals surface area contributed by atoms with Gasteiger partial charge in [-0.25, -0.2) is 4.39 Å². The summed E-state index contributed by atoms with van der Waals surface area (Å²) < 4.78 is 24.6. The third kappa shape index (κ3) is 4.48. The molecule has 152 valence electrons. The Morgan fingerprint density at radius 1 is 1.10 bits per heavy atom. The summed E-state index contributed by atoms with van der Waals surface area (Å²) in [6.45, 7) is 2.35. The summed E-state index contributed by atoms with van der Waals surface area (Å²) >= 11 is 0. The third-order valence-corrected chi connectivity index (χ3v) is 4.90. The van der Waals surface area contributed by atoms with Crippen molar-refractivity contribution < 1.29 is 23.5 Å². The largest absolute Gasteiger partial charge is 0.477 e. The van der Waals surface area contributed by atoms with Gasteiger partial charge in [0.15, 0.2) is 6.10 Å². The Balaban J connectivity index is 1.48. The smallest absolute Gasteiger partial charge is 0.265 e. The van der Waals surface area contributed by atoms with Gasteiger partial charge in [0, 0.05) is 18.8 Å². The average molecular weight is 399 g/mol. The highest BCUT2D eigenvalue weighted by Crippen LogP contribution is 2.33. The summed E-state index contributed by atoms with van der Waals surface area (Å²) in [7, 11) is 0. The van der Waals surface area contributed by atoms with Gasteiger partial charge < -0.3 is 24.6 Å². The van der Waals surface area contributed by atoms with Crippen molar-refractivity contribution in [3.8, 4) is 5.75 Å². The number of amides is 2. The molecule has 2 heterocycles. The molecule has 1 saturated heterocycles. The molecule has 2 amide bonds. The Hall–Kier alpha value is -3.13. The van der Waals surface area contributed by atoms with Crippen molar-refractivity contribution in [1.29, 1.82) is 0 Å². The number of carbonyl (C=O) groups excluding carboxylic acids is 2. The van der Waals surface area contributed by atoms with Gasteiger partial charge in [-0.15, -0.1) is 0 Å². The number of nitrogens with zero attached hydrogens (tertiary/aromatic N) is 2. The van der Waals surface area contributed by atoms with Gasteiger partial charge in [-0.05, 0) is 30.3 Å². The fourth-order valence-electron chi connectivity index (χ4n) is 3.51. The molecular formula is C21H22FN3O4. The molecule has 0 saturated carbocycles. The van der Waals surface area contributed by atoms with E-state index in [9.17, 15) is 14.0 Å². The van der Waals surface area contributed by atoms with E-state index in [2.05, 4.69) is 5.32 Å². The minimum absolute atomic E-state index is 0.0176. The van der Waals surface area contributed by atoms with Gasteiger partial charge in [-0.2, -0.15) is 0 Å². The van der Waals surface area contributed by atoms with Crippen molar-refractivity contribution in [1.82, 2.24) is 4.90 Å². The van der Waals surface area contributed by atoms with Crippen LogP contribution in [0.1, 0.15) is 0 Å². The molecule has 29 heavy (non-hydrogen) atoms. The molecule has 2 aromatic rings. The Labute approximate surface area is 168 Å². The molecule has 1 unspecified atom stereocenters. The highest BCUT2D eigenvalue weighted by atomic mass is 19.1. The summed E-state index contributed by atoms with van der Waals surface area (Å²) in [5.74, 6) is -0.275. The van der Waals surface area contributed by atoms with E-state index in [1.54, 1.807) is 17.0 Å². The van der Waals surface area contributed by atoms with Crippen LogP contribution in [0.25, 0.3) is 0 Å². The van der Waals surface area contributed by atoms with E-state index >= 15 is 0 Å². The van der Waals surface area contributed by atoms with E-state index in [-0.39, 0.29) is 24.9 Å². The Morgan fingerprint density at radius 2 is 1.90 bits per heavy atom. The number of hydrogen-bond acceptors (Lipinski definition) is 5. The van der Waals surface area contributed by atoms with Crippen LogP contribution in [0.2, 0.25) is 0 Å². The third-order valence-electron chi connectivity index (χ3n) is 4.90. The van der Waals surface area contributed by atoms with Gasteiger partial charge in [0.2, 0.25) is 5.91 Å². The number of rotatable bonds is 4. The molecule has 8 heteroatoms. The molecule has 0 aliphatic carbocycles. The van der Waals surface area contributed by atoms with Gasteiger partial charge in [0.25, 0.3) is 5.91 Å². The van der Waals surface area contributed by atoms with Gasteiger partial charge in [0.05, 0.1) is 32.0 Å². The van der Waals surface area contributed by atoms with Crippen LogP contribution in [-0.4, -0.2) is 62.2 Å². The molecule has 1 fully saturated rings. The summed E-state index contributed by atoms with van der Waals surface area (Å²) in [6.07, 6.45) is -0.704. The summed E-state index contributed by atoms with van der Waals surface area (Å²) in [4.78, 5) is 29.0. The first-order chi connectivity index (χ1) is 14.1. The zero-order chi connectivity index (χ0) is 20.2. The van der Waals surface area contributed by atoms with E-state index in [4.69, 9.17) is 9.47 Å². The number of benzene rings is 2. The number of fused-ring (bicyclic) bond motifs is 1. The Bertz CT molecular complexity index is 901. The van der Waals surface area contributed by atoms with Crippen molar-refractivity contribution in [2.75, 3.05) is 49.6 Å². The number of anilines is 2. The fourth-order valence-corrected chi connectivity index (χ4v) is 3.51. The first-order valence-corrected chi connectivity index (χ1v) is 9.53. The van der Waals surface area contributed by atoms with Crippen molar-refractivity contribution in [3.63, 3.8) is 0 Å². The molecule has 0 spiro atoms. The second-order valence-corrected chi connectivity index (χ2v) is 6.95. The zero-order valence-electron chi connectivity index (χ0n) is 15.8. The van der Waals surface area contributed by atoms with Gasteiger partial charge >= 0.3 is 0 Å². The quantitative estimate of drug-likeness (QED) is 0.850. The molecule has 2 aliphatic heterocycles. The molecule has 0 bridgehead atoms. The second kappa shape index (κ2) is 8.48. The van der Waals surface area contributed by atoms with Crippen molar-refractivity contribution in [3.05, 3.63) is 54.3 Å². The van der Waals surface area contributed by atoms with E-state index in [0.717, 1.165) is 5.69 Å². The standard InChI is InChI=1S/C21H22FN3O4/c22-15-4-3-5-16(12-15)23-20(26)14-25-13-19(21(27)24-8-10-28-11-9-24)29-18-7-2-1-6-17(18)25/h1-7,12,19H,8-11,13-14H2,(H,23,26). The monoisotopic (exact) mass is 399 g/mol. The summed E-state index contributed by atoms with van der Waals surface area (Å²) in [5, 5.41) is 2.69. The van der Waals surface area contributed by atoms with E-state index < -0.39 is 11.9 Å². The first-order valence-electron chi connectivity index (χ1n) is 9.53. The highest BCUT2D eigenvalue weighted by molar-refractivity contribution is 5.95. The van der Waals surface area contributed by atoms with E-state index in [1.807, 2.05) is 23.1 Å². The van der Waals surface area contributed by atoms with Crippen LogP contribution in [-0.2, 0) is 14.3 Å². The number of para-hydroxylation sites is 2. The van der Waals surface area contributed by atoms with Gasteiger partial charge in [0.1, 0.15) is 11.6 Å². The minimum Gasteiger partial charge on any atom is -0.477 e. The molecule has 0 aromatic heterocycles. The lowest BCUT2D eigenvalue weighted by Crippen LogP contribution is -2.53. The lowest BCUT2D eigenvalue weighted by atomic mass is 10.1. The highest BCUT2D eigenvalue weighted by Gasteiger charge is 2.34. The van der Waals surface area contributed by atoms with Crippen LogP contribution in [0.3, 0.4) is 0 Å². The minimum atomic E-state index is -0.704. The zero-order valence-corrected chi connectivity index (χ0v) is 15.8. The van der Waals surface area contributed by atoms with Crippen LogP contribution >= 0.6 is 0 Å². The number of morpholine rings is 1. The van der Waals surface area contributed by atoms with E-state index in [1.165, 1.54) is 18.2 Å². The molecule has 0 radical (unpaired) electrons. The van der Waals surface area contributed by atoms with Crippen LogP contribution in [0, 0.1) is 5.82 Å². The average Bonchev–Trinajstić information content (AvgIpc) is 2.73. The molecule has 4 rings (SSSR count). The van der Waals surface area contributed by atoms with Crippen molar-refractivity contribution in [2.45, 2.75) is 6.10 Å². The lowest BCUT2D eigenvalue weighted by Gasteiger charge is -2.38. The number of carbonyl (C=O) groups is 2.